The Hall–Kier alpha value is -3.42. The van der Waals surface area contributed by atoms with E-state index < -0.39 is 0 Å². The SMILES string of the molecule is Cc1ccc(-c2nnc(SCC(=O)N/N=C/c3ccccc3Cl)n2-c2ccccc2)cc1. The molecule has 0 fully saturated rings. The van der Waals surface area contributed by atoms with Gasteiger partial charge in [-0.2, -0.15) is 5.10 Å². The quantitative estimate of drug-likeness (QED) is 0.235. The number of carbonyl (C=O) groups is 1. The summed E-state index contributed by atoms with van der Waals surface area (Å²) in [4.78, 5) is 12.3. The van der Waals surface area contributed by atoms with E-state index in [0.717, 1.165) is 22.6 Å². The van der Waals surface area contributed by atoms with Crippen molar-refractivity contribution in [1.82, 2.24) is 20.2 Å². The number of hydrogen-bond acceptors (Lipinski definition) is 5. The summed E-state index contributed by atoms with van der Waals surface area (Å²) in [5.74, 6) is 0.604. The Morgan fingerprint density at radius 1 is 1.03 bits per heavy atom. The number of rotatable bonds is 7. The van der Waals surface area contributed by atoms with Crippen LogP contribution in [0.2, 0.25) is 5.02 Å². The van der Waals surface area contributed by atoms with E-state index in [2.05, 4.69) is 20.7 Å². The van der Waals surface area contributed by atoms with Crippen molar-refractivity contribution in [3.63, 3.8) is 0 Å². The van der Waals surface area contributed by atoms with Crippen molar-refractivity contribution >= 4 is 35.5 Å². The Kier molecular flexibility index (Phi) is 6.99. The molecule has 6 nitrogen and oxygen atoms in total. The summed E-state index contributed by atoms with van der Waals surface area (Å²) in [6, 6.07) is 25.2. The molecular formula is C24H20ClN5OS. The molecule has 1 heterocycles. The van der Waals surface area contributed by atoms with Gasteiger partial charge in [0.15, 0.2) is 11.0 Å². The minimum atomic E-state index is -0.252. The molecule has 0 aliphatic heterocycles. The van der Waals surface area contributed by atoms with E-state index in [4.69, 9.17) is 11.6 Å². The number of aryl methyl sites for hydroxylation is 1. The predicted octanol–water partition coefficient (Wildman–Crippen LogP) is 5.14. The van der Waals surface area contributed by atoms with Crippen LogP contribution >= 0.6 is 23.4 Å². The average molecular weight is 462 g/mol. The smallest absolute Gasteiger partial charge is 0.250 e. The van der Waals surface area contributed by atoms with Crippen LogP contribution in [0.4, 0.5) is 0 Å². The van der Waals surface area contributed by atoms with Gasteiger partial charge in [-0.25, -0.2) is 5.43 Å². The van der Waals surface area contributed by atoms with Crippen LogP contribution in [-0.2, 0) is 4.79 Å². The lowest BCUT2D eigenvalue weighted by Gasteiger charge is -2.10. The lowest BCUT2D eigenvalue weighted by molar-refractivity contribution is -0.118. The second-order valence-corrected chi connectivity index (χ2v) is 8.30. The summed E-state index contributed by atoms with van der Waals surface area (Å²) in [7, 11) is 0. The van der Waals surface area contributed by atoms with Crippen LogP contribution in [-0.4, -0.2) is 32.6 Å². The van der Waals surface area contributed by atoms with Crippen molar-refractivity contribution < 1.29 is 4.79 Å². The van der Waals surface area contributed by atoms with Gasteiger partial charge in [0.2, 0.25) is 0 Å². The molecule has 32 heavy (non-hydrogen) atoms. The number of thioether (sulfide) groups is 1. The van der Waals surface area contributed by atoms with Gasteiger partial charge in [-0.1, -0.05) is 89.6 Å². The molecule has 160 valence electrons. The number of benzene rings is 3. The Balaban J connectivity index is 1.50. The summed E-state index contributed by atoms with van der Waals surface area (Å²) >= 11 is 7.39. The zero-order valence-electron chi connectivity index (χ0n) is 17.3. The van der Waals surface area contributed by atoms with Crippen LogP contribution in [0, 0.1) is 6.92 Å². The zero-order chi connectivity index (χ0) is 22.3. The fourth-order valence-electron chi connectivity index (χ4n) is 2.98. The Morgan fingerprint density at radius 3 is 2.50 bits per heavy atom. The molecule has 1 amide bonds. The second kappa shape index (κ2) is 10.3. The summed E-state index contributed by atoms with van der Waals surface area (Å²) in [5, 5.41) is 13.9. The van der Waals surface area contributed by atoms with Crippen LogP contribution in [0.3, 0.4) is 0 Å². The molecule has 0 aliphatic carbocycles. The Morgan fingerprint density at radius 2 is 1.75 bits per heavy atom. The number of amides is 1. The second-order valence-electron chi connectivity index (χ2n) is 6.95. The van der Waals surface area contributed by atoms with Crippen LogP contribution in [0.25, 0.3) is 17.1 Å². The van der Waals surface area contributed by atoms with Gasteiger partial charge < -0.3 is 0 Å². The highest BCUT2D eigenvalue weighted by Gasteiger charge is 2.17. The van der Waals surface area contributed by atoms with Gasteiger partial charge in [0.1, 0.15) is 0 Å². The third-order valence-electron chi connectivity index (χ3n) is 4.59. The number of nitrogens with one attached hydrogen (secondary N) is 1. The lowest BCUT2D eigenvalue weighted by Crippen LogP contribution is -2.20. The fraction of sp³-hybridized carbons (Fsp3) is 0.0833. The average Bonchev–Trinajstić information content (AvgIpc) is 3.24. The fourth-order valence-corrected chi connectivity index (χ4v) is 3.91. The van der Waals surface area contributed by atoms with Gasteiger partial charge in [0, 0.05) is 21.8 Å². The van der Waals surface area contributed by atoms with Gasteiger partial charge >= 0.3 is 0 Å². The number of carbonyl (C=O) groups excluding carboxylic acids is 1. The maximum Gasteiger partial charge on any atom is 0.250 e. The van der Waals surface area contributed by atoms with Crippen molar-refractivity contribution in [2.24, 2.45) is 5.10 Å². The first-order chi connectivity index (χ1) is 15.6. The molecule has 0 saturated heterocycles. The number of hydrogen-bond donors (Lipinski definition) is 1. The normalized spacial score (nSPS) is 11.1. The lowest BCUT2D eigenvalue weighted by atomic mass is 10.1. The maximum atomic E-state index is 12.3. The number of nitrogens with zero attached hydrogens (tertiary/aromatic N) is 4. The number of aromatic nitrogens is 3. The first-order valence-corrected chi connectivity index (χ1v) is 11.3. The van der Waals surface area contributed by atoms with Crippen LogP contribution in [0.15, 0.2) is 89.1 Å². The maximum absolute atomic E-state index is 12.3. The van der Waals surface area contributed by atoms with E-state index in [1.54, 1.807) is 6.07 Å². The van der Waals surface area contributed by atoms with Crippen molar-refractivity contribution in [1.29, 1.82) is 0 Å². The molecule has 0 bridgehead atoms. The molecule has 3 aromatic carbocycles. The Bertz CT molecular complexity index is 1240. The molecule has 0 spiro atoms. The third kappa shape index (κ3) is 5.25. The summed E-state index contributed by atoms with van der Waals surface area (Å²) < 4.78 is 1.95. The largest absolute Gasteiger partial charge is 0.272 e. The molecular weight excluding hydrogens is 442 g/mol. The Labute approximate surface area is 195 Å². The van der Waals surface area contributed by atoms with Crippen molar-refractivity contribution in [3.05, 3.63) is 95.0 Å². The van der Waals surface area contributed by atoms with Crippen LogP contribution < -0.4 is 5.43 Å². The standard InChI is InChI=1S/C24H20ClN5OS/c1-17-11-13-18(14-12-17)23-28-29-24(30(23)20-8-3-2-4-9-20)32-16-22(31)27-26-15-19-7-5-6-10-21(19)25/h2-15H,16H2,1H3,(H,27,31)/b26-15+. The summed E-state index contributed by atoms with van der Waals surface area (Å²) in [6.07, 6.45) is 1.52. The molecule has 1 aromatic heterocycles. The van der Waals surface area contributed by atoms with Crippen molar-refractivity contribution in [3.8, 4) is 17.1 Å². The molecule has 8 heteroatoms. The molecule has 4 rings (SSSR count). The molecule has 0 radical (unpaired) electrons. The highest BCUT2D eigenvalue weighted by Crippen LogP contribution is 2.28. The van der Waals surface area contributed by atoms with Gasteiger partial charge in [-0.15, -0.1) is 10.2 Å². The topological polar surface area (TPSA) is 72.2 Å². The van der Waals surface area contributed by atoms with E-state index in [0.29, 0.717) is 10.2 Å². The van der Waals surface area contributed by atoms with E-state index >= 15 is 0 Å². The van der Waals surface area contributed by atoms with Crippen molar-refractivity contribution in [2.75, 3.05) is 5.75 Å². The number of para-hydroxylation sites is 1. The van der Waals surface area contributed by atoms with E-state index in [1.807, 2.05) is 84.3 Å². The molecule has 1 N–H and O–H groups in total. The monoisotopic (exact) mass is 461 g/mol. The highest BCUT2D eigenvalue weighted by molar-refractivity contribution is 7.99. The van der Waals surface area contributed by atoms with Crippen LogP contribution in [0.5, 0.6) is 0 Å². The van der Waals surface area contributed by atoms with E-state index in [1.165, 1.54) is 23.5 Å². The third-order valence-corrected chi connectivity index (χ3v) is 5.86. The highest BCUT2D eigenvalue weighted by atomic mass is 35.5. The summed E-state index contributed by atoms with van der Waals surface area (Å²) in [5.41, 5.74) is 6.30. The first kappa shape index (κ1) is 21.8. The number of hydrazone groups is 1. The first-order valence-electron chi connectivity index (χ1n) is 9.89. The van der Waals surface area contributed by atoms with Gasteiger partial charge in [0.05, 0.1) is 12.0 Å². The minimum Gasteiger partial charge on any atom is -0.272 e. The predicted molar refractivity (Wildman–Crippen MR) is 129 cm³/mol. The number of halogens is 1. The molecule has 4 aromatic rings. The van der Waals surface area contributed by atoms with E-state index in [-0.39, 0.29) is 11.7 Å². The molecule has 0 aliphatic rings. The minimum absolute atomic E-state index is 0.138. The molecule has 0 saturated carbocycles. The molecule has 0 unspecified atom stereocenters. The van der Waals surface area contributed by atoms with Crippen molar-refractivity contribution in [2.45, 2.75) is 12.1 Å². The van der Waals surface area contributed by atoms with Crippen LogP contribution in [0.1, 0.15) is 11.1 Å². The zero-order valence-corrected chi connectivity index (χ0v) is 18.8. The van der Waals surface area contributed by atoms with Gasteiger partial charge in [-0.05, 0) is 25.1 Å². The van der Waals surface area contributed by atoms with E-state index in [9.17, 15) is 4.79 Å². The molecule has 0 atom stereocenters. The summed E-state index contributed by atoms with van der Waals surface area (Å²) in [6.45, 7) is 2.04. The van der Waals surface area contributed by atoms with Gasteiger partial charge in [-0.3, -0.25) is 9.36 Å². The van der Waals surface area contributed by atoms with Gasteiger partial charge in [0.25, 0.3) is 5.91 Å².